The second-order valence-electron chi connectivity index (χ2n) is 16.7. The Hall–Kier alpha value is -8.59. The zero-order valence-electron chi connectivity index (χ0n) is 34.5. The molecule has 7 heterocycles. The molecule has 0 unspecified atom stereocenters. The Morgan fingerprint density at radius 2 is 0.800 bits per heavy atom. The van der Waals surface area contributed by atoms with E-state index in [1.807, 2.05) is 55.0 Å². The molecule has 0 aliphatic rings. The van der Waals surface area contributed by atoms with Gasteiger partial charge in [0.2, 0.25) is 8.07 Å². The van der Waals surface area contributed by atoms with Crippen LogP contribution in [0.25, 0.3) is 110 Å². The number of hydrogen-bond donors (Lipinski definition) is 0. The molecule has 0 bridgehead atoms. The molecular formula is C57H33N3O4Si. The molecule has 7 aromatic heterocycles. The zero-order chi connectivity index (χ0) is 42.6. The number of fused-ring (bicyclic) bond motifs is 12. The molecule has 8 heteroatoms. The third-order valence-electron chi connectivity index (χ3n) is 13.2. The number of para-hydroxylation sites is 3. The van der Waals surface area contributed by atoms with E-state index in [1.54, 1.807) is 0 Å². The summed E-state index contributed by atoms with van der Waals surface area (Å²) in [5.74, 6) is 0. The third kappa shape index (κ3) is 5.26. The Morgan fingerprint density at radius 3 is 1.38 bits per heavy atom. The summed E-state index contributed by atoms with van der Waals surface area (Å²) in [7, 11) is -3.35. The molecule has 0 N–H and O–H groups in total. The van der Waals surface area contributed by atoms with Gasteiger partial charge in [0.1, 0.15) is 27.9 Å². The molecule has 0 fully saturated rings. The van der Waals surface area contributed by atoms with Gasteiger partial charge in [-0.2, -0.15) is 0 Å². The summed E-state index contributed by atoms with van der Waals surface area (Å²) in [6.45, 7) is 0. The Labute approximate surface area is 370 Å². The van der Waals surface area contributed by atoms with Crippen LogP contribution in [0.3, 0.4) is 0 Å². The van der Waals surface area contributed by atoms with Crippen molar-refractivity contribution in [2.45, 2.75) is 0 Å². The maximum atomic E-state index is 7.07. The Morgan fingerprint density at radius 1 is 0.323 bits per heavy atom. The van der Waals surface area contributed by atoms with Crippen LogP contribution >= 0.6 is 0 Å². The molecule has 0 amide bonds. The first kappa shape index (κ1) is 35.9. The summed E-state index contributed by atoms with van der Waals surface area (Å²) < 4.78 is 26.3. The fraction of sp³-hybridized carbons (Fsp3) is 0. The molecule has 0 saturated heterocycles. The van der Waals surface area contributed by atoms with Gasteiger partial charge in [0.15, 0.2) is 16.7 Å². The summed E-state index contributed by atoms with van der Waals surface area (Å²) in [6.07, 6.45) is 5.58. The summed E-state index contributed by atoms with van der Waals surface area (Å²) >= 11 is 0. The highest BCUT2D eigenvalue weighted by Gasteiger charge is 2.47. The quantitative estimate of drug-likeness (QED) is 0.122. The van der Waals surface area contributed by atoms with Crippen molar-refractivity contribution in [2.75, 3.05) is 0 Å². The van der Waals surface area contributed by atoms with Crippen molar-refractivity contribution in [3.63, 3.8) is 0 Å². The van der Waals surface area contributed by atoms with Gasteiger partial charge in [-0.05, 0) is 82.3 Å². The standard InChI is InChI=1S/C57H33N3O4Si/c1-3-12-36(13-4-1)65(37-14-5-2-6-15-37,54-21-11-18-40-42-28-34(22-24-50(42)63-55(40)54)46-30-44-38-16-7-9-19-48(38)61-52(44)32-59-46)57-56-41(26-27-58-57)43-29-35(23-25-51(43)64-56)47-31-45-39-17-8-10-20-49(39)62-53(45)33-60-47/h1-33H. The minimum absolute atomic E-state index is 0.756. The van der Waals surface area contributed by atoms with Crippen molar-refractivity contribution < 1.29 is 17.7 Å². The van der Waals surface area contributed by atoms with E-state index >= 15 is 0 Å². The number of benzene rings is 7. The second kappa shape index (κ2) is 13.7. The first-order valence-electron chi connectivity index (χ1n) is 21.6. The predicted molar refractivity (Wildman–Crippen MR) is 263 cm³/mol. The first-order valence-corrected chi connectivity index (χ1v) is 23.6. The minimum atomic E-state index is -3.35. The highest BCUT2D eigenvalue weighted by Crippen LogP contribution is 2.37. The Kier molecular flexibility index (Phi) is 7.58. The number of pyridine rings is 3. The van der Waals surface area contributed by atoms with E-state index in [-0.39, 0.29) is 0 Å². The fourth-order valence-corrected chi connectivity index (χ4v) is 15.0. The number of nitrogens with zero attached hydrogens (tertiary/aromatic N) is 3. The fourth-order valence-electron chi connectivity index (χ4n) is 10.2. The molecular weight excluding hydrogens is 819 g/mol. The smallest absolute Gasteiger partial charge is 0.210 e. The lowest BCUT2D eigenvalue weighted by Crippen LogP contribution is -2.75. The molecule has 0 saturated carbocycles. The Bertz CT molecular complexity index is 3930. The van der Waals surface area contributed by atoms with Crippen LogP contribution < -0.4 is 20.9 Å². The highest BCUT2D eigenvalue weighted by molar-refractivity contribution is 7.21. The molecule has 14 rings (SSSR count). The van der Waals surface area contributed by atoms with Gasteiger partial charge < -0.3 is 17.7 Å². The molecule has 304 valence electrons. The zero-order valence-corrected chi connectivity index (χ0v) is 35.5. The number of aromatic nitrogens is 3. The van der Waals surface area contributed by atoms with Crippen LogP contribution in [0.15, 0.2) is 218 Å². The van der Waals surface area contributed by atoms with Gasteiger partial charge >= 0.3 is 0 Å². The monoisotopic (exact) mass is 851 g/mol. The SMILES string of the molecule is c1ccc([Si](c2ccccc2)(c2cccc3c2oc2ccc(-c4cc5c(cn4)oc4ccccc45)cc23)c2nccc3c2oc2ccc(-c4cc5c(cn4)oc4ccccc45)cc23)cc1. The lowest BCUT2D eigenvalue weighted by Gasteiger charge is -2.33. The molecule has 0 aliphatic carbocycles. The van der Waals surface area contributed by atoms with Gasteiger partial charge in [-0.3, -0.25) is 15.0 Å². The summed E-state index contributed by atoms with van der Waals surface area (Å²) in [4.78, 5) is 15.1. The van der Waals surface area contributed by atoms with E-state index in [1.165, 1.54) is 0 Å². The third-order valence-corrected chi connectivity index (χ3v) is 17.8. The van der Waals surface area contributed by atoms with E-state index in [2.05, 4.69) is 146 Å². The molecule has 7 nitrogen and oxygen atoms in total. The van der Waals surface area contributed by atoms with Crippen molar-refractivity contribution in [3.05, 3.63) is 201 Å². The summed E-state index contributed by atoms with van der Waals surface area (Å²) in [5.41, 5.74) is 10.1. The topological polar surface area (TPSA) is 91.2 Å². The molecule has 0 radical (unpaired) electrons. The van der Waals surface area contributed by atoms with Crippen molar-refractivity contribution in [1.82, 2.24) is 15.0 Å². The first-order chi connectivity index (χ1) is 32.2. The summed E-state index contributed by atoms with van der Waals surface area (Å²) in [6, 6.07) is 63.4. The van der Waals surface area contributed by atoms with Crippen LogP contribution in [-0.2, 0) is 0 Å². The lowest BCUT2D eigenvalue weighted by atomic mass is 10.1. The maximum Gasteiger partial charge on any atom is 0.210 e. The average Bonchev–Trinajstić information content (AvgIpc) is 4.15. The molecule has 0 atom stereocenters. The number of hydrogen-bond acceptors (Lipinski definition) is 7. The van der Waals surface area contributed by atoms with E-state index < -0.39 is 8.07 Å². The Balaban J connectivity index is 0.993. The van der Waals surface area contributed by atoms with E-state index in [4.69, 9.17) is 32.6 Å². The van der Waals surface area contributed by atoms with Gasteiger partial charge in [0.05, 0.1) is 29.1 Å². The molecule has 0 aliphatic heterocycles. The largest absolute Gasteiger partial charge is 0.456 e. The van der Waals surface area contributed by atoms with Gasteiger partial charge in [-0.15, -0.1) is 0 Å². The lowest BCUT2D eigenvalue weighted by molar-refractivity contribution is 0.666. The van der Waals surface area contributed by atoms with Crippen LogP contribution in [0.2, 0.25) is 0 Å². The van der Waals surface area contributed by atoms with Crippen molar-refractivity contribution in [1.29, 1.82) is 0 Å². The highest BCUT2D eigenvalue weighted by atomic mass is 28.3. The van der Waals surface area contributed by atoms with Crippen LogP contribution in [-0.4, -0.2) is 23.0 Å². The molecule has 65 heavy (non-hydrogen) atoms. The van der Waals surface area contributed by atoms with E-state index in [0.29, 0.717) is 0 Å². The maximum absolute atomic E-state index is 7.07. The number of furan rings is 4. The predicted octanol–water partition coefficient (Wildman–Crippen LogP) is 12.2. The van der Waals surface area contributed by atoms with Gasteiger partial charge in [0, 0.05) is 60.4 Å². The van der Waals surface area contributed by atoms with Crippen LogP contribution in [0, 0.1) is 0 Å². The molecule has 0 spiro atoms. The van der Waals surface area contributed by atoms with Crippen LogP contribution in [0.1, 0.15) is 0 Å². The average molecular weight is 852 g/mol. The summed E-state index contributed by atoms with van der Waals surface area (Å²) in [5, 5.41) is 12.5. The van der Waals surface area contributed by atoms with Gasteiger partial charge in [0.25, 0.3) is 0 Å². The molecule has 14 aromatic rings. The van der Waals surface area contributed by atoms with E-state index in [0.717, 1.165) is 131 Å². The normalized spacial score (nSPS) is 12.3. The number of rotatable bonds is 6. The van der Waals surface area contributed by atoms with Crippen molar-refractivity contribution in [3.8, 4) is 22.5 Å². The van der Waals surface area contributed by atoms with E-state index in [9.17, 15) is 0 Å². The van der Waals surface area contributed by atoms with Gasteiger partial charge in [-0.25, -0.2) is 0 Å². The molecule has 7 aromatic carbocycles. The second-order valence-corrected chi connectivity index (χ2v) is 20.3. The van der Waals surface area contributed by atoms with Gasteiger partial charge in [-0.1, -0.05) is 115 Å². The van der Waals surface area contributed by atoms with Crippen molar-refractivity contribution >= 4 is 117 Å². The van der Waals surface area contributed by atoms with Crippen molar-refractivity contribution in [2.24, 2.45) is 0 Å². The van der Waals surface area contributed by atoms with Crippen LogP contribution in [0.4, 0.5) is 0 Å². The minimum Gasteiger partial charge on any atom is -0.456 e. The van der Waals surface area contributed by atoms with Crippen LogP contribution in [0.5, 0.6) is 0 Å².